The Hall–Kier alpha value is -1.84. The van der Waals surface area contributed by atoms with Gasteiger partial charge in [-0.2, -0.15) is 0 Å². The van der Waals surface area contributed by atoms with Crippen LogP contribution in [0.1, 0.15) is 22.1 Å². The molecule has 0 fully saturated rings. The lowest BCUT2D eigenvalue weighted by Gasteiger charge is -2.02. The molecule has 0 heterocycles. The Kier molecular flexibility index (Phi) is 1.85. The maximum Gasteiger partial charge on any atom is 0.194 e. The maximum absolute atomic E-state index is 7.93. The molecule has 0 aliphatic rings. The maximum atomic E-state index is 7.93. The molecule has 80 valence electrons. The first-order chi connectivity index (χ1) is 9.97. The second-order valence-corrected chi connectivity index (χ2v) is 2.64. The fourth-order valence-corrected chi connectivity index (χ4v) is 0.759. The molecule has 0 amide bonds. The zero-order chi connectivity index (χ0) is 17.2. The number of amidine groups is 1. The van der Waals surface area contributed by atoms with Crippen molar-refractivity contribution in [1.82, 2.24) is 5.32 Å². The van der Waals surface area contributed by atoms with Gasteiger partial charge in [0.1, 0.15) is 0 Å². The van der Waals surface area contributed by atoms with Crippen molar-refractivity contribution >= 4 is 11.8 Å². The van der Waals surface area contributed by atoms with Crippen molar-refractivity contribution in [2.24, 2.45) is 10.7 Å². The van der Waals surface area contributed by atoms with E-state index in [1.807, 2.05) is 0 Å². The van der Waals surface area contributed by atoms with Crippen LogP contribution in [0.3, 0.4) is 0 Å². The van der Waals surface area contributed by atoms with Crippen LogP contribution < -0.4 is 11.1 Å². The van der Waals surface area contributed by atoms with E-state index in [0.29, 0.717) is 0 Å². The predicted molar refractivity (Wildman–Crippen MR) is 63.2 cm³/mol. The standard InChI is InChI=1S/C11H16N4/c1-9(12)15-11(13)14-8-7-10-5-3-2-4-6-10/h2-6H,7-8H2,1H3,(H4,12,13,14,15)/i2D,3D,4D,5D,7D,8D2. The monoisotopic (exact) mass is 211 g/mol. The van der Waals surface area contributed by atoms with Crippen LogP contribution >= 0.6 is 0 Å². The number of nitrogens with one attached hydrogen (secondary N) is 2. The molecule has 4 nitrogen and oxygen atoms in total. The first-order valence-corrected chi connectivity index (χ1v) is 4.14. The van der Waals surface area contributed by atoms with Crippen molar-refractivity contribution in [3.8, 4) is 0 Å². The molecule has 4 N–H and O–H groups in total. The van der Waals surface area contributed by atoms with Crippen LogP contribution in [-0.4, -0.2) is 18.3 Å². The lowest BCUT2D eigenvalue weighted by Crippen LogP contribution is -2.35. The minimum absolute atomic E-state index is 0.0554. The Morgan fingerprint density at radius 1 is 1.67 bits per heavy atom. The molecule has 0 bridgehead atoms. The van der Waals surface area contributed by atoms with E-state index in [1.54, 1.807) is 0 Å². The smallest absolute Gasteiger partial charge is 0.194 e. The molecule has 1 atom stereocenters. The number of benzene rings is 1. The van der Waals surface area contributed by atoms with Crippen LogP contribution in [0.4, 0.5) is 0 Å². The van der Waals surface area contributed by atoms with Crippen molar-refractivity contribution < 1.29 is 9.60 Å². The van der Waals surface area contributed by atoms with Gasteiger partial charge in [-0.25, -0.2) is 0 Å². The summed E-state index contributed by atoms with van der Waals surface area (Å²) >= 11 is 0. The second kappa shape index (κ2) is 5.80. The third-order valence-corrected chi connectivity index (χ3v) is 1.29. The molecule has 4 heteroatoms. The molecule has 1 aromatic rings. The quantitative estimate of drug-likeness (QED) is 0.518. The van der Waals surface area contributed by atoms with Crippen LogP contribution in [0.5, 0.6) is 0 Å². The van der Waals surface area contributed by atoms with Crippen LogP contribution in [0.15, 0.2) is 35.2 Å². The van der Waals surface area contributed by atoms with Crippen molar-refractivity contribution in [2.75, 3.05) is 6.50 Å². The van der Waals surface area contributed by atoms with Crippen molar-refractivity contribution in [3.05, 3.63) is 35.8 Å². The Bertz CT molecular complexity index is 629. The summed E-state index contributed by atoms with van der Waals surface area (Å²) in [7, 11) is 0. The highest BCUT2D eigenvalue weighted by molar-refractivity contribution is 5.96. The first-order valence-electron chi connectivity index (χ1n) is 7.72. The molecule has 0 saturated heterocycles. The van der Waals surface area contributed by atoms with Gasteiger partial charge < -0.3 is 11.1 Å². The van der Waals surface area contributed by atoms with Gasteiger partial charge in [-0.3, -0.25) is 10.4 Å². The third kappa shape index (κ3) is 4.81. The van der Waals surface area contributed by atoms with E-state index in [2.05, 4.69) is 10.3 Å². The number of hydrogen-bond acceptors (Lipinski definition) is 2. The van der Waals surface area contributed by atoms with Crippen LogP contribution in [-0.2, 0) is 6.40 Å². The fraction of sp³-hybridized carbons (Fsp3) is 0.273. The summed E-state index contributed by atoms with van der Waals surface area (Å²) in [6.07, 6.45) is -1.71. The third-order valence-electron chi connectivity index (χ3n) is 1.29. The Labute approximate surface area is 99.6 Å². The van der Waals surface area contributed by atoms with E-state index in [4.69, 9.17) is 20.7 Å². The summed E-state index contributed by atoms with van der Waals surface area (Å²) in [6, 6.07) is -0.838. The largest absolute Gasteiger partial charge is 0.370 e. The van der Waals surface area contributed by atoms with Gasteiger partial charge in [0.25, 0.3) is 0 Å². The number of guanidine groups is 1. The number of aliphatic imine (C=N–C) groups is 1. The van der Waals surface area contributed by atoms with Gasteiger partial charge in [-0.05, 0) is 18.9 Å². The summed E-state index contributed by atoms with van der Waals surface area (Å²) in [4.78, 5) is 3.48. The first kappa shape index (κ1) is 4.79. The molecule has 1 aromatic carbocycles. The molecule has 0 saturated carbocycles. The van der Waals surface area contributed by atoms with E-state index < -0.39 is 37.0 Å². The SMILES string of the molecule is [2H]c1cc(C([2H])C([2H])([2H])N=C(N)NC(C)=N)c([2H])c([2H])c1[2H]. The number of hydrogen-bond donors (Lipinski definition) is 3. The Balaban J connectivity index is 3.25. The zero-order valence-corrected chi connectivity index (χ0v) is 8.18. The van der Waals surface area contributed by atoms with Crippen molar-refractivity contribution in [3.63, 3.8) is 0 Å². The summed E-state index contributed by atoms with van der Waals surface area (Å²) < 4.78 is 53.8. The average Bonchev–Trinajstić information content (AvgIpc) is 2.38. The van der Waals surface area contributed by atoms with Crippen LogP contribution in [0, 0.1) is 5.41 Å². The van der Waals surface area contributed by atoms with Crippen molar-refractivity contribution in [2.45, 2.75) is 13.3 Å². The minimum Gasteiger partial charge on any atom is -0.370 e. The predicted octanol–water partition coefficient (Wildman–Crippen LogP) is 1.13. The molecule has 0 aliphatic heterocycles. The van der Waals surface area contributed by atoms with Crippen LogP contribution in [0.2, 0.25) is 0 Å². The molecule has 0 radical (unpaired) electrons. The van der Waals surface area contributed by atoms with Gasteiger partial charge in [-0.15, -0.1) is 0 Å². The van der Waals surface area contributed by atoms with E-state index in [-0.39, 0.29) is 17.4 Å². The summed E-state index contributed by atoms with van der Waals surface area (Å²) in [5.74, 6) is -0.448. The highest BCUT2D eigenvalue weighted by Crippen LogP contribution is 1.98. The van der Waals surface area contributed by atoms with Gasteiger partial charge >= 0.3 is 0 Å². The van der Waals surface area contributed by atoms with Gasteiger partial charge in [-0.1, -0.05) is 30.2 Å². The summed E-state index contributed by atoms with van der Waals surface area (Å²) in [5, 5.41) is 9.46. The van der Waals surface area contributed by atoms with E-state index in [1.165, 1.54) is 6.92 Å². The molecule has 0 aliphatic carbocycles. The van der Waals surface area contributed by atoms with Gasteiger partial charge in [0, 0.05) is 7.87 Å². The van der Waals surface area contributed by atoms with E-state index in [9.17, 15) is 0 Å². The van der Waals surface area contributed by atoms with E-state index in [0.717, 1.165) is 6.07 Å². The lowest BCUT2D eigenvalue weighted by molar-refractivity contribution is 0.955. The molecular formula is C11H16N4. The van der Waals surface area contributed by atoms with Gasteiger partial charge in [0.2, 0.25) is 0 Å². The number of nitrogens with two attached hydrogens (primary N) is 1. The highest BCUT2D eigenvalue weighted by atomic mass is 15.1. The number of rotatable bonds is 3. The van der Waals surface area contributed by atoms with E-state index >= 15 is 0 Å². The topological polar surface area (TPSA) is 74.3 Å². The molecular weight excluding hydrogens is 188 g/mol. The summed E-state index contributed by atoms with van der Waals surface area (Å²) in [5.41, 5.74) is 5.20. The number of aryl methyl sites for hydroxylation is 1. The normalized spacial score (nSPS) is 20.9. The molecule has 0 aromatic heterocycles. The molecule has 0 spiro atoms. The molecule has 1 rings (SSSR count). The summed E-state index contributed by atoms with van der Waals surface area (Å²) in [6.45, 7) is -1.16. The minimum atomic E-state index is -2.54. The Morgan fingerprint density at radius 2 is 2.47 bits per heavy atom. The van der Waals surface area contributed by atoms with Gasteiger partial charge in [0.05, 0.1) is 14.1 Å². The zero-order valence-electron chi connectivity index (χ0n) is 15.2. The highest BCUT2D eigenvalue weighted by Gasteiger charge is 1.92. The molecule has 1 unspecified atom stereocenters. The second-order valence-electron chi connectivity index (χ2n) is 2.64. The molecule has 15 heavy (non-hydrogen) atoms. The van der Waals surface area contributed by atoms with Crippen LogP contribution in [0.25, 0.3) is 0 Å². The fourth-order valence-electron chi connectivity index (χ4n) is 0.759. The average molecular weight is 211 g/mol. The number of nitrogens with zero attached hydrogens (tertiary/aromatic N) is 1. The van der Waals surface area contributed by atoms with Gasteiger partial charge in [0.15, 0.2) is 5.96 Å². The lowest BCUT2D eigenvalue weighted by atomic mass is 10.2. The van der Waals surface area contributed by atoms with Crippen molar-refractivity contribution in [1.29, 1.82) is 5.41 Å². The Morgan fingerprint density at radius 3 is 3.20 bits per heavy atom.